The van der Waals surface area contributed by atoms with E-state index in [0.29, 0.717) is 35.7 Å². The van der Waals surface area contributed by atoms with Crippen LogP contribution in [0.3, 0.4) is 0 Å². The maximum atomic E-state index is 12.8. The summed E-state index contributed by atoms with van der Waals surface area (Å²) in [5.74, 6) is 0.589. The number of aliphatic hydroxyl groups is 1. The standard InChI is InChI=1S/C23H24N2O5/c1-23(2)10-15-19(16(26)11-23)21(27)20-13(22(28)25-15)6-7-14(24-20)12-5-8-17(29-3)18(9-12)30-4/h5-9,21,27H,10-11H2,1-4H3,(H,25,28). The van der Waals surface area contributed by atoms with Gasteiger partial charge in [0.25, 0.3) is 5.91 Å². The number of carbonyl (C=O) groups excluding carboxylic acids is 2. The molecule has 0 radical (unpaired) electrons. The number of rotatable bonds is 3. The zero-order chi connectivity index (χ0) is 21.6. The Morgan fingerprint density at radius 2 is 1.80 bits per heavy atom. The Bertz CT molecular complexity index is 1090. The highest BCUT2D eigenvalue weighted by atomic mass is 16.5. The summed E-state index contributed by atoms with van der Waals surface area (Å²) in [5, 5.41) is 13.9. The van der Waals surface area contributed by atoms with Crippen LogP contribution in [0, 0.1) is 5.41 Å². The predicted octanol–water partition coefficient (Wildman–Crippen LogP) is 3.19. The number of aliphatic hydroxyl groups excluding tert-OH is 1. The van der Waals surface area contributed by atoms with E-state index in [-0.39, 0.29) is 33.9 Å². The highest BCUT2D eigenvalue weighted by molar-refractivity contribution is 6.04. The number of fused-ring (bicyclic) bond motifs is 1. The van der Waals surface area contributed by atoms with Gasteiger partial charge in [0.05, 0.1) is 31.2 Å². The monoisotopic (exact) mass is 408 g/mol. The van der Waals surface area contributed by atoms with E-state index in [9.17, 15) is 14.7 Å². The summed E-state index contributed by atoms with van der Waals surface area (Å²) in [6.07, 6.45) is -0.450. The molecule has 7 nitrogen and oxygen atoms in total. The average Bonchev–Trinajstić information content (AvgIpc) is 2.80. The molecule has 0 bridgehead atoms. The van der Waals surface area contributed by atoms with E-state index in [4.69, 9.17) is 9.47 Å². The molecule has 1 aromatic carbocycles. The van der Waals surface area contributed by atoms with Crippen LogP contribution in [0.1, 0.15) is 48.8 Å². The first-order valence-corrected chi connectivity index (χ1v) is 9.73. The van der Waals surface area contributed by atoms with Crippen molar-refractivity contribution in [2.75, 3.05) is 14.2 Å². The second-order valence-corrected chi connectivity index (χ2v) is 8.39. The Labute approximate surface area is 174 Å². The first kappa shape index (κ1) is 20.1. The van der Waals surface area contributed by atoms with Gasteiger partial charge in [0.2, 0.25) is 0 Å². The van der Waals surface area contributed by atoms with Crippen molar-refractivity contribution in [3.8, 4) is 22.8 Å². The molecule has 7 heteroatoms. The molecule has 4 rings (SSSR count). The van der Waals surface area contributed by atoms with Crippen molar-refractivity contribution in [1.29, 1.82) is 0 Å². The topological polar surface area (TPSA) is 97.8 Å². The minimum atomic E-state index is -1.27. The molecule has 1 aromatic heterocycles. The molecule has 1 amide bonds. The van der Waals surface area contributed by atoms with Gasteiger partial charge < -0.3 is 19.9 Å². The molecule has 2 aromatic rings. The van der Waals surface area contributed by atoms with Crippen LogP contribution in [0.4, 0.5) is 0 Å². The zero-order valence-electron chi connectivity index (χ0n) is 17.4. The molecule has 0 saturated heterocycles. The number of ether oxygens (including phenoxy) is 2. The fraction of sp³-hybridized carbons (Fsp3) is 0.348. The molecule has 1 unspecified atom stereocenters. The van der Waals surface area contributed by atoms with Crippen LogP contribution in [0.15, 0.2) is 41.6 Å². The normalized spacial score (nSPS) is 20.1. The number of allylic oxidation sites excluding steroid dienone is 1. The number of aromatic nitrogens is 1. The van der Waals surface area contributed by atoms with Gasteiger partial charge >= 0.3 is 0 Å². The number of ketones is 1. The predicted molar refractivity (Wildman–Crippen MR) is 110 cm³/mol. The molecule has 0 fully saturated rings. The van der Waals surface area contributed by atoms with E-state index in [1.165, 1.54) is 0 Å². The molecular weight excluding hydrogens is 384 g/mol. The van der Waals surface area contributed by atoms with Crippen LogP contribution < -0.4 is 14.8 Å². The van der Waals surface area contributed by atoms with Crippen LogP contribution in [0.2, 0.25) is 0 Å². The summed E-state index contributed by atoms with van der Waals surface area (Å²) in [4.78, 5) is 30.2. The highest BCUT2D eigenvalue weighted by Crippen LogP contribution is 2.42. The van der Waals surface area contributed by atoms with Crippen molar-refractivity contribution in [3.05, 3.63) is 52.9 Å². The van der Waals surface area contributed by atoms with Crippen molar-refractivity contribution in [1.82, 2.24) is 10.3 Å². The smallest absolute Gasteiger partial charge is 0.257 e. The molecule has 2 N–H and O–H groups in total. The minimum absolute atomic E-state index is 0.166. The number of benzene rings is 1. The number of nitrogens with one attached hydrogen (secondary N) is 1. The van der Waals surface area contributed by atoms with E-state index in [1.54, 1.807) is 38.5 Å². The van der Waals surface area contributed by atoms with Gasteiger partial charge in [-0.25, -0.2) is 4.98 Å². The first-order chi connectivity index (χ1) is 14.2. The fourth-order valence-electron chi connectivity index (χ4n) is 4.14. The largest absolute Gasteiger partial charge is 0.493 e. The lowest BCUT2D eigenvalue weighted by Gasteiger charge is -2.32. The second kappa shape index (κ2) is 7.25. The van der Waals surface area contributed by atoms with E-state index in [2.05, 4.69) is 10.3 Å². The molecular formula is C23H24N2O5. The van der Waals surface area contributed by atoms with Crippen LogP contribution in [0.25, 0.3) is 11.3 Å². The number of carbonyl (C=O) groups is 2. The van der Waals surface area contributed by atoms with Gasteiger partial charge in [0.1, 0.15) is 6.10 Å². The lowest BCUT2D eigenvalue weighted by Crippen LogP contribution is -2.33. The van der Waals surface area contributed by atoms with Crippen LogP contribution >= 0.6 is 0 Å². The number of hydrogen-bond donors (Lipinski definition) is 2. The lowest BCUT2D eigenvalue weighted by atomic mass is 9.74. The maximum absolute atomic E-state index is 12.8. The summed E-state index contributed by atoms with van der Waals surface area (Å²) >= 11 is 0. The summed E-state index contributed by atoms with van der Waals surface area (Å²) in [5.41, 5.74) is 2.16. The number of nitrogens with zero attached hydrogens (tertiary/aromatic N) is 1. The van der Waals surface area contributed by atoms with Crippen molar-refractivity contribution >= 4 is 11.7 Å². The minimum Gasteiger partial charge on any atom is -0.493 e. The third-order valence-electron chi connectivity index (χ3n) is 5.57. The number of Topliss-reactive ketones (excluding diaryl/α,β-unsaturated/α-hetero) is 1. The zero-order valence-corrected chi connectivity index (χ0v) is 17.4. The third kappa shape index (κ3) is 3.35. The molecule has 1 aliphatic heterocycles. The molecule has 1 aliphatic carbocycles. The molecule has 0 saturated carbocycles. The highest BCUT2D eigenvalue weighted by Gasteiger charge is 2.40. The Morgan fingerprint density at radius 1 is 1.07 bits per heavy atom. The van der Waals surface area contributed by atoms with Gasteiger partial charge in [-0.2, -0.15) is 0 Å². The van der Waals surface area contributed by atoms with Crippen molar-refractivity contribution in [2.45, 2.75) is 32.8 Å². The molecule has 2 aliphatic rings. The number of methoxy groups -OCH3 is 2. The number of hydrogen-bond acceptors (Lipinski definition) is 6. The van der Waals surface area contributed by atoms with Gasteiger partial charge in [-0.15, -0.1) is 0 Å². The molecule has 0 spiro atoms. The van der Waals surface area contributed by atoms with Gasteiger partial charge in [-0.1, -0.05) is 13.8 Å². The van der Waals surface area contributed by atoms with Crippen LogP contribution in [0.5, 0.6) is 11.5 Å². The van der Waals surface area contributed by atoms with E-state index < -0.39 is 6.10 Å². The molecule has 2 heterocycles. The van der Waals surface area contributed by atoms with E-state index in [1.807, 2.05) is 19.9 Å². The quantitative estimate of drug-likeness (QED) is 0.810. The fourth-order valence-corrected chi connectivity index (χ4v) is 4.14. The molecule has 1 atom stereocenters. The lowest BCUT2D eigenvalue weighted by molar-refractivity contribution is -0.119. The van der Waals surface area contributed by atoms with Crippen molar-refractivity contribution in [2.24, 2.45) is 5.41 Å². The van der Waals surface area contributed by atoms with Gasteiger partial charge in [-0.3, -0.25) is 9.59 Å². The third-order valence-corrected chi connectivity index (χ3v) is 5.57. The van der Waals surface area contributed by atoms with E-state index >= 15 is 0 Å². The van der Waals surface area contributed by atoms with Crippen molar-refractivity contribution < 1.29 is 24.2 Å². The summed E-state index contributed by atoms with van der Waals surface area (Å²) in [6, 6.07) is 8.69. The van der Waals surface area contributed by atoms with Crippen LogP contribution in [-0.4, -0.2) is 36.0 Å². The van der Waals surface area contributed by atoms with Gasteiger partial charge in [-0.05, 0) is 42.2 Å². The Morgan fingerprint density at radius 3 is 2.50 bits per heavy atom. The average molecular weight is 408 g/mol. The van der Waals surface area contributed by atoms with Gasteiger partial charge in [0.15, 0.2) is 17.3 Å². The number of amides is 1. The summed E-state index contributed by atoms with van der Waals surface area (Å²) in [7, 11) is 3.10. The Hall–Kier alpha value is -3.19. The number of pyridine rings is 1. The Balaban J connectivity index is 1.82. The van der Waals surface area contributed by atoms with Gasteiger partial charge in [0, 0.05) is 23.3 Å². The molecule has 30 heavy (non-hydrogen) atoms. The van der Waals surface area contributed by atoms with Crippen LogP contribution in [-0.2, 0) is 4.79 Å². The summed E-state index contributed by atoms with van der Waals surface area (Å²) < 4.78 is 10.6. The van der Waals surface area contributed by atoms with Crippen molar-refractivity contribution in [3.63, 3.8) is 0 Å². The first-order valence-electron chi connectivity index (χ1n) is 9.73. The van der Waals surface area contributed by atoms with E-state index in [0.717, 1.165) is 5.56 Å². The second-order valence-electron chi connectivity index (χ2n) is 8.39. The SMILES string of the molecule is COc1ccc(-c2ccc3c(n2)C(O)C2=C(CC(C)(C)CC2=O)NC3=O)cc1OC. The summed E-state index contributed by atoms with van der Waals surface area (Å²) in [6.45, 7) is 3.94. The molecule has 156 valence electrons. The maximum Gasteiger partial charge on any atom is 0.257 e. The Kier molecular flexibility index (Phi) is 4.86.